The zero-order chi connectivity index (χ0) is 17.9. The van der Waals surface area contributed by atoms with Gasteiger partial charge in [0, 0.05) is 54.6 Å². The molecule has 0 aliphatic carbocycles. The highest BCUT2D eigenvalue weighted by molar-refractivity contribution is 5.82. The number of hydrogen-bond acceptors (Lipinski definition) is 5. The Hall–Kier alpha value is -2.80. The first-order chi connectivity index (χ1) is 12.7. The molecule has 1 aliphatic heterocycles. The lowest BCUT2D eigenvalue weighted by atomic mass is 9.92. The molecule has 3 aromatic heterocycles. The summed E-state index contributed by atoms with van der Waals surface area (Å²) in [6.45, 7) is 1.42. The van der Waals surface area contributed by atoms with Crippen LogP contribution in [0.1, 0.15) is 30.1 Å². The molecule has 3 aromatic rings. The third kappa shape index (κ3) is 3.43. The smallest absolute Gasteiger partial charge is 0.239 e. The fourth-order valence-corrected chi connectivity index (χ4v) is 3.55. The van der Waals surface area contributed by atoms with Crippen molar-refractivity contribution in [1.29, 1.82) is 0 Å². The van der Waals surface area contributed by atoms with Crippen LogP contribution in [-0.2, 0) is 11.2 Å². The van der Waals surface area contributed by atoms with Crippen LogP contribution in [-0.4, -0.2) is 49.9 Å². The molecule has 0 bridgehead atoms. The average molecular weight is 350 g/mol. The number of likely N-dealkylation sites (tertiary alicyclic amines) is 1. The number of pyridine rings is 2. The van der Waals surface area contributed by atoms with E-state index in [0.29, 0.717) is 25.4 Å². The summed E-state index contributed by atoms with van der Waals surface area (Å²) in [6.07, 6.45) is 7.35. The van der Waals surface area contributed by atoms with Crippen molar-refractivity contribution in [3.05, 3.63) is 54.4 Å². The molecule has 4 heterocycles. The van der Waals surface area contributed by atoms with Crippen LogP contribution in [0.2, 0.25) is 0 Å². The van der Waals surface area contributed by atoms with Crippen molar-refractivity contribution >= 4 is 16.9 Å². The van der Waals surface area contributed by atoms with Gasteiger partial charge in [-0.3, -0.25) is 4.79 Å². The lowest BCUT2D eigenvalue weighted by Crippen LogP contribution is -2.47. The van der Waals surface area contributed by atoms with Crippen molar-refractivity contribution < 1.29 is 4.79 Å². The summed E-state index contributed by atoms with van der Waals surface area (Å²) in [5.74, 6) is 0.362. The lowest BCUT2D eigenvalue weighted by Gasteiger charge is -2.33. The van der Waals surface area contributed by atoms with Crippen molar-refractivity contribution in [1.82, 2.24) is 24.8 Å². The third-order valence-electron chi connectivity index (χ3n) is 5.02. The molecule has 1 amide bonds. The maximum Gasteiger partial charge on any atom is 0.239 e. The second-order valence-corrected chi connectivity index (χ2v) is 6.77. The van der Waals surface area contributed by atoms with Crippen LogP contribution < -0.4 is 5.73 Å². The first-order valence-electron chi connectivity index (χ1n) is 8.94. The highest BCUT2D eigenvalue weighted by Gasteiger charge is 2.28. The van der Waals surface area contributed by atoms with E-state index < -0.39 is 6.04 Å². The summed E-state index contributed by atoms with van der Waals surface area (Å²) in [7, 11) is 0. The van der Waals surface area contributed by atoms with Crippen LogP contribution in [0.3, 0.4) is 0 Å². The number of fused-ring (bicyclic) bond motifs is 1. The summed E-state index contributed by atoms with van der Waals surface area (Å²) in [5.41, 5.74) is 8.81. The predicted octanol–water partition coefficient (Wildman–Crippen LogP) is 1.63. The summed E-state index contributed by atoms with van der Waals surface area (Å²) in [6, 6.07) is 7.55. The van der Waals surface area contributed by atoms with Crippen LogP contribution >= 0.6 is 0 Å². The Balaban J connectivity index is 1.37. The highest BCUT2D eigenvalue weighted by Crippen LogP contribution is 2.28. The molecule has 0 unspecified atom stereocenters. The molecule has 1 atom stereocenters. The Morgan fingerprint density at radius 1 is 1.31 bits per heavy atom. The average Bonchev–Trinajstić information content (AvgIpc) is 3.20. The number of nitrogens with one attached hydrogen (secondary N) is 1. The van der Waals surface area contributed by atoms with E-state index in [-0.39, 0.29) is 5.91 Å². The van der Waals surface area contributed by atoms with Gasteiger partial charge in [-0.05, 0) is 37.1 Å². The molecule has 7 nitrogen and oxygen atoms in total. The molecular weight excluding hydrogens is 328 g/mol. The Morgan fingerprint density at radius 3 is 2.92 bits per heavy atom. The topological polar surface area (TPSA) is 101 Å². The first-order valence-corrected chi connectivity index (χ1v) is 8.94. The maximum atomic E-state index is 12.6. The second kappa shape index (κ2) is 7.21. The molecule has 0 radical (unpaired) electrons. The SMILES string of the molecule is N[C@@H](Cc1cnc[nH]1)C(=O)N1CCC(c2ccc3cccnc3n2)CC1. The standard InChI is InChI=1S/C19H22N6O/c20-16(10-15-11-21-12-23-15)19(26)25-8-5-13(6-9-25)17-4-3-14-2-1-7-22-18(14)24-17/h1-4,7,11-13,16H,5-6,8-10,20H2,(H,21,23)/t16-/m0/s1. The number of nitrogens with two attached hydrogens (primary N) is 1. The molecular formula is C19H22N6O. The van der Waals surface area contributed by atoms with E-state index in [4.69, 9.17) is 10.7 Å². The van der Waals surface area contributed by atoms with E-state index >= 15 is 0 Å². The minimum Gasteiger partial charge on any atom is -0.348 e. The van der Waals surface area contributed by atoms with Crippen molar-refractivity contribution in [3.63, 3.8) is 0 Å². The van der Waals surface area contributed by atoms with Gasteiger partial charge in [-0.2, -0.15) is 0 Å². The number of rotatable bonds is 4. The predicted molar refractivity (Wildman–Crippen MR) is 98.4 cm³/mol. The van der Waals surface area contributed by atoms with E-state index in [9.17, 15) is 4.79 Å². The van der Waals surface area contributed by atoms with Crippen molar-refractivity contribution in [2.45, 2.75) is 31.2 Å². The summed E-state index contributed by atoms with van der Waals surface area (Å²) in [4.78, 5) is 30.5. The first kappa shape index (κ1) is 16.7. The molecule has 0 aromatic carbocycles. The van der Waals surface area contributed by atoms with Crippen molar-refractivity contribution in [2.75, 3.05) is 13.1 Å². The number of carbonyl (C=O) groups is 1. The number of hydrogen-bond donors (Lipinski definition) is 2. The number of amides is 1. The number of nitrogens with zero attached hydrogens (tertiary/aromatic N) is 4. The minimum absolute atomic E-state index is 0.00573. The fraction of sp³-hybridized carbons (Fsp3) is 0.368. The minimum atomic E-state index is -0.532. The van der Waals surface area contributed by atoms with Gasteiger partial charge in [0.25, 0.3) is 0 Å². The quantitative estimate of drug-likeness (QED) is 0.745. The van der Waals surface area contributed by atoms with Crippen LogP contribution in [0.5, 0.6) is 0 Å². The van der Waals surface area contributed by atoms with Gasteiger partial charge in [-0.25, -0.2) is 15.0 Å². The van der Waals surface area contributed by atoms with Gasteiger partial charge in [-0.1, -0.05) is 0 Å². The van der Waals surface area contributed by atoms with Crippen molar-refractivity contribution in [3.8, 4) is 0 Å². The van der Waals surface area contributed by atoms with Crippen LogP contribution in [0.15, 0.2) is 43.0 Å². The van der Waals surface area contributed by atoms with Gasteiger partial charge >= 0.3 is 0 Å². The second-order valence-electron chi connectivity index (χ2n) is 6.77. The highest BCUT2D eigenvalue weighted by atomic mass is 16.2. The molecule has 134 valence electrons. The van der Waals surface area contributed by atoms with E-state index in [1.54, 1.807) is 18.7 Å². The van der Waals surface area contributed by atoms with E-state index in [1.165, 1.54) is 0 Å². The zero-order valence-corrected chi connectivity index (χ0v) is 14.5. The number of imidazole rings is 1. The van der Waals surface area contributed by atoms with E-state index in [2.05, 4.69) is 27.1 Å². The third-order valence-corrected chi connectivity index (χ3v) is 5.02. The lowest BCUT2D eigenvalue weighted by molar-refractivity contribution is -0.133. The largest absolute Gasteiger partial charge is 0.348 e. The Kier molecular flexibility index (Phi) is 4.62. The van der Waals surface area contributed by atoms with Gasteiger partial charge in [0.2, 0.25) is 5.91 Å². The fourth-order valence-electron chi connectivity index (χ4n) is 3.55. The van der Waals surface area contributed by atoms with Gasteiger partial charge in [0.05, 0.1) is 12.4 Å². The van der Waals surface area contributed by atoms with Gasteiger partial charge < -0.3 is 15.6 Å². The number of aromatic amines is 1. The van der Waals surface area contributed by atoms with E-state index in [1.807, 2.05) is 17.0 Å². The number of H-pyrrole nitrogens is 1. The summed E-state index contributed by atoms with van der Waals surface area (Å²) >= 11 is 0. The maximum absolute atomic E-state index is 12.6. The van der Waals surface area contributed by atoms with Gasteiger partial charge in [0.15, 0.2) is 5.65 Å². The molecule has 26 heavy (non-hydrogen) atoms. The molecule has 1 fully saturated rings. The summed E-state index contributed by atoms with van der Waals surface area (Å²) < 4.78 is 0. The summed E-state index contributed by atoms with van der Waals surface area (Å²) in [5, 5.41) is 1.05. The normalized spacial score (nSPS) is 16.7. The van der Waals surface area contributed by atoms with Crippen LogP contribution in [0, 0.1) is 0 Å². The molecule has 1 aliphatic rings. The molecule has 7 heteroatoms. The number of piperidine rings is 1. The number of aromatic nitrogens is 4. The van der Waals surface area contributed by atoms with E-state index in [0.717, 1.165) is 35.3 Å². The number of carbonyl (C=O) groups excluding carboxylic acids is 1. The Morgan fingerprint density at radius 2 is 2.15 bits per heavy atom. The molecule has 1 saturated heterocycles. The molecule has 0 saturated carbocycles. The van der Waals surface area contributed by atoms with Gasteiger partial charge in [0.1, 0.15) is 0 Å². The molecule has 0 spiro atoms. The van der Waals surface area contributed by atoms with Crippen LogP contribution in [0.25, 0.3) is 11.0 Å². The Labute approximate surface area is 151 Å². The molecule has 4 rings (SSSR count). The van der Waals surface area contributed by atoms with Crippen molar-refractivity contribution in [2.24, 2.45) is 5.73 Å². The van der Waals surface area contributed by atoms with Gasteiger partial charge in [-0.15, -0.1) is 0 Å². The van der Waals surface area contributed by atoms with Crippen LogP contribution in [0.4, 0.5) is 0 Å². The zero-order valence-electron chi connectivity index (χ0n) is 14.5. The monoisotopic (exact) mass is 350 g/mol. The Bertz CT molecular complexity index is 886. The molecule has 3 N–H and O–H groups in total.